The largest absolute Gasteiger partial charge is 0.481 e. The number of aliphatic carboxylic acids is 1. The van der Waals surface area contributed by atoms with E-state index in [9.17, 15) is 4.79 Å². The second-order valence-corrected chi connectivity index (χ2v) is 4.60. The van der Waals surface area contributed by atoms with Crippen molar-refractivity contribution in [2.45, 2.75) is 45.6 Å². The minimum absolute atomic E-state index is 0.201. The SMILES string of the molecule is CC(C)(C(=O)O)C(N)C1CCCC1. The van der Waals surface area contributed by atoms with Crippen molar-refractivity contribution in [3.05, 3.63) is 0 Å². The molecule has 1 aliphatic rings. The molecule has 0 amide bonds. The van der Waals surface area contributed by atoms with Gasteiger partial charge in [-0.05, 0) is 32.6 Å². The van der Waals surface area contributed by atoms with Gasteiger partial charge < -0.3 is 10.8 Å². The van der Waals surface area contributed by atoms with Crippen LogP contribution in [0.15, 0.2) is 0 Å². The Morgan fingerprint density at radius 2 is 1.92 bits per heavy atom. The predicted molar refractivity (Wildman–Crippen MR) is 51.4 cm³/mol. The third-order valence-electron chi connectivity index (χ3n) is 3.29. The first kappa shape index (κ1) is 10.5. The Morgan fingerprint density at radius 3 is 2.31 bits per heavy atom. The van der Waals surface area contributed by atoms with E-state index < -0.39 is 11.4 Å². The van der Waals surface area contributed by atoms with Crippen molar-refractivity contribution in [2.24, 2.45) is 17.1 Å². The fourth-order valence-corrected chi connectivity index (χ4v) is 2.05. The molecule has 1 atom stereocenters. The van der Waals surface area contributed by atoms with Gasteiger partial charge >= 0.3 is 5.97 Å². The van der Waals surface area contributed by atoms with E-state index in [2.05, 4.69) is 0 Å². The molecule has 0 aromatic carbocycles. The van der Waals surface area contributed by atoms with Crippen molar-refractivity contribution < 1.29 is 9.90 Å². The number of carboxylic acids is 1. The highest BCUT2D eigenvalue weighted by molar-refractivity contribution is 5.74. The van der Waals surface area contributed by atoms with Crippen molar-refractivity contribution >= 4 is 5.97 Å². The molecular formula is C10H19NO2. The number of rotatable bonds is 3. The summed E-state index contributed by atoms with van der Waals surface area (Å²) >= 11 is 0. The number of nitrogens with two attached hydrogens (primary N) is 1. The third-order valence-corrected chi connectivity index (χ3v) is 3.29. The van der Waals surface area contributed by atoms with Crippen LogP contribution in [0.5, 0.6) is 0 Å². The lowest BCUT2D eigenvalue weighted by Gasteiger charge is -2.31. The van der Waals surface area contributed by atoms with Crippen LogP contribution in [0.25, 0.3) is 0 Å². The summed E-state index contributed by atoms with van der Waals surface area (Å²) < 4.78 is 0. The Hall–Kier alpha value is -0.570. The zero-order chi connectivity index (χ0) is 10.1. The number of carboxylic acid groups (broad SMARTS) is 1. The van der Waals surface area contributed by atoms with E-state index in [0.29, 0.717) is 5.92 Å². The number of hydrogen-bond donors (Lipinski definition) is 2. The van der Waals surface area contributed by atoms with E-state index in [1.165, 1.54) is 12.8 Å². The van der Waals surface area contributed by atoms with Crippen LogP contribution in [-0.4, -0.2) is 17.1 Å². The monoisotopic (exact) mass is 185 g/mol. The molecular weight excluding hydrogens is 166 g/mol. The molecule has 1 unspecified atom stereocenters. The topological polar surface area (TPSA) is 63.3 Å². The highest BCUT2D eigenvalue weighted by Crippen LogP contribution is 2.34. The molecule has 0 aliphatic heterocycles. The van der Waals surface area contributed by atoms with Gasteiger partial charge in [0.1, 0.15) is 0 Å². The van der Waals surface area contributed by atoms with Crippen LogP contribution in [0.2, 0.25) is 0 Å². The average molecular weight is 185 g/mol. The van der Waals surface area contributed by atoms with Crippen molar-refractivity contribution in [3.63, 3.8) is 0 Å². The maximum Gasteiger partial charge on any atom is 0.310 e. The highest BCUT2D eigenvalue weighted by Gasteiger charge is 2.39. The van der Waals surface area contributed by atoms with E-state index in [1.807, 2.05) is 0 Å². The van der Waals surface area contributed by atoms with Crippen LogP contribution in [0, 0.1) is 11.3 Å². The van der Waals surface area contributed by atoms with Gasteiger partial charge in [-0.15, -0.1) is 0 Å². The number of hydrogen-bond acceptors (Lipinski definition) is 2. The van der Waals surface area contributed by atoms with Gasteiger partial charge in [0.25, 0.3) is 0 Å². The molecule has 1 fully saturated rings. The lowest BCUT2D eigenvalue weighted by Crippen LogP contribution is -2.47. The minimum atomic E-state index is -0.785. The Labute approximate surface area is 79.3 Å². The molecule has 0 spiro atoms. The summed E-state index contributed by atoms with van der Waals surface area (Å²) in [6.45, 7) is 3.44. The normalized spacial score (nSPS) is 21.8. The molecule has 1 rings (SSSR count). The van der Waals surface area contributed by atoms with Crippen molar-refractivity contribution in [2.75, 3.05) is 0 Å². The highest BCUT2D eigenvalue weighted by atomic mass is 16.4. The third kappa shape index (κ3) is 2.02. The Morgan fingerprint density at radius 1 is 1.46 bits per heavy atom. The molecule has 0 saturated heterocycles. The molecule has 0 aromatic rings. The van der Waals surface area contributed by atoms with E-state index in [1.54, 1.807) is 13.8 Å². The summed E-state index contributed by atoms with van der Waals surface area (Å²) in [6, 6.07) is -0.201. The first-order valence-corrected chi connectivity index (χ1v) is 4.95. The van der Waals surface area contributed by atoms with Crippen molar-refractivity contribution in [1.29, 1.82) is 0 Å². The van der Waals surface area contributed by atoms with Crippen LogP contribution in [0.1, 0.15) is 39.5 Å². The van der Waals surface area contributed by atoms with Crippen LogP contribution in [0.3, 0.4) is 0 Å². The van der Waals surface area contributed by atoms with Gasteiger partial charge in [0.2, 0.25) is 0 Å². The van der Waals surface area contributed by atoms with Crippen LogP contribution in [0.4, 0.5) is 0 Å². The Kier molecular flexibility index (Phi) is 2.96. The lowest BCUT2D eigenvalue weighted by molar-refractivity contribution is -0.148. The zero-order valence-electron chi connectivity index (χ0n) is 8.42. The molecule has 3 heteroatoms. The van der Waals surface area contributed by atoms with Gasteiger partial charge in [-0.25, -0.2) is 0 Å². The smallest absolute Gasteiger partial charge is 0.310 e. The molecule has 0 bridgehead atoms. The van der Waals surface area contributed by atoms with Gasteiger partial charge in [0.15, 0.2) is 0 Å². The Balaban J connectivity index is 2.64. The predicted octanol–water partition coefficient (Wildman–Crippen LogP) is 1.61. The summed E-state index contributed by atoms with van der Waals surface area (Å²) in [7, 11) is 0. The van der Waals surface area contributed by atoms with Crippen molar-refractivity contribution in [3.8, 4) is 0 Å². The lowest BCUT2D eigenvalue weighted by atomic mass is 9.77. The van der Waals surface area contributed by atoms with Gasteiger partial charge in [-0.1, -0.05) is 12.8 Å². The Bertz CT molecular complexity index is 195. The van der Waals surface area contributed by atoms with Crippen LogP contribution < -0.4 is 5.73 Å². The van der Waals surface area contributed by atoms with E-state index >= 15 is 0 Å². The maximum absolute atomic E-state index is 10.9. The van der Waals surface area contributed by atoms with Gasteiger partial charge in [0, 0.05) is 6.04 Å². The molecule has 1 aliphatic carbocycles. The first-order chi connectivity index (χ1) is 5.96. The molecule has 0 aromatic heterocycles. The zero-order valence-corrected chi connectivity index (χ0v) is 8.42. The molecule has 13 heavy (non-hydrogen) atoms. The summed E-state index contributed by atoms with van der Waals surface area (Å²) in [6.07, 6.45) is 4.60. The standard InChI is InChI=1S/C10H19NO2/c1-10(2,9(12)13)8(11)7-5-3-4-6-7/h7-8H,3-6,11H2,1-2H3,(H,12,13). The summed E-state index contributed by atoms with van der Waals surface area (Å²) in [5, 5.41) is 8.99. The fourth-order valence-electron chi connectivity index (χ4n) is 2.05. The van der Waals surface area contributed by atoms with Gasteiger partial charge in [0.05, 0.1) is 5.41 Å². The second-order valence-electron chi connectivity index (χ2n) is 4.60. The fraction of sp³-hybridized carbons (Fsp3) is 0.900. The maximum atomic E-state index is 10.9. The van der Waals surface area contributed by atoms with Gasteiger partial charge in [-0.3, -0.25) is 4.79 Å². The molecule has 0 radical (unpaired) electrons. The molecule has 3 N–H and O–H groups in total. The number of carbonyl (C=O) groups is 1. The van der Waals surface area contributed by atoms with Crippen molar-refractivity contribution in [1.82, 2.24) is 0 Å². The van der Waals surface area contributed by atoms with Crippen LogP contribution in [-0.2, 0) is 4.79 Å². The summed E-state index contributed by atoms with van der Waals surface area (Å²) in [5.74, 6) is -0.377. The second kappa shape index (κ2) is 3.66. The van der Waals surface area contributed by atoms with Gasteiger partial charge in [-0.2, -0.15) is 0 Å². The van der Waals surface area contributed by atoms with E-state index in [-0.39, 0.29) is 6.04 Å². The molecule has 0 heterocycles. The van der Waals surface area contributed by atoms with E-state index in [0.717, 1.165) is 12.8 Å². The minimum Gasteiger partial charge on any atom is -0.481 e. The van der Waals surface area contributed by atoms with Crippen LogP contribution >= 0.6 is 0 Å². The quantitative estimate of drug-likeness (QED) is 0.702. The molecule has 76 valence electrons. The van der Waals surface area contributed by atoms with E-state index in [4.69, 9.17) is 10.8 Å². The average Bonchev–Trinajstić information content (AvgIpc) is 2.54. The first-order valence-electron chi connectivity index (χ1n) is 4.95. The summed E-state index contributed by atoms with van der Waals surface area (Å²) in [5.41, 5.74) is 5.19. The molecule has 1 saturated carbocycles. The molecule has 3 nitrogen and oxygen atoms in total. The summed E-state index contributed by atoms with van der Waals surface area (Å²) in [4.78, 5) is 10.9.